The first-order chi connectivity index (χ1) is 10.6. The van der Waals surface area contributed by atoms with E-state index in [4.69, 9.17) is 5.11 Å². The molecule has 2 saturated carbocycles. The third kappa shape index (κ3) is 3.83. The molecule has 2 saturated heterocycles. The van der Waals surface area contributed by atoms with Crippen molar-refractivity contribution in [2.75, 3.05) is 0 Å². The summed E-state index contributed by atoms with van der Waals surface area (Å²) in [7, 11) is 0. The zero-order valence-corrected chi connectivity index (χ0v) is 13.9. The number of carbonyl (C=O) groups is 1. The lowest BCUT2D eigenvalue weighted by Gasteiger charge is -2.24. The summed E-state index contributed by atoms with van der Waals surface area (Å²) in [5, 5.41) is 15.6. The van der Waals surface area contributed by atoms with Crippen molar-refractivity contribution in [1.29, 1.82) is 0 Å². The number of hydrogen-bond donors (Lipinski definition) is 3. The summed E-state index contributed by atoms with van der Waals surface area (Å²) >= 11 is 0. The Labute approximate surface area is 134 Å². The Morgan fingerprint density at radius 2 is 1.41 bits per heavy atom. The first-order valence-corrected chi connectivity index (χ1v) is 9.38. The molecule has 0 amide bonds. The van der Waals surface area contributed by atoms with Gasteiger partial charge in [-0.3, -0.25) is 4.79 Å². The second-order valence-electron chi connectivity index (χ2n) is 7.90. The number of rotatable bonds is 1. The van der Waals surface area contributed by atoms with Gasteiger partial charge in [0.2, 0.25) is 0 Å². The lowest BCUT2D eigenvalue weighted by Crippen LogP contribution is -2.36. The monoisotopic (exact) mass is 308 g/mol. The van der Waals surface area contributed by atoms with Crippen LogP contribution in [0.3, 0.4) is 0 Å². The fourth-order valence-corrected chi connectivity index (χ4v) is 5.11. The quantitative estimate of drug-likeness (QED) is 0.697. The van der Waals surface area contributed by atoms with E-state index in [1.54, 1.807) is 0 Å². The van der Waals surface area contributed by atoms with E-state index >= 15 is 0 Å². The van der Waals surface area contributed by atoms with Crippen LogP contribution in [0.25, 0.3) is 0 Å². The van der Waals surface area contributed by atoms with E-state index in [2.05, 4.69) is 17.6 Å². The molecular weight excluding hydrogens is 276 g/mol. The highest BCUT2D eigenvalue weighted by molar-refractivity contribution is 5.74. The number of nitrogens with one attached hydrogen (secondary N) is 2. The molecule has 0 aromatic carbocycles. The van der Waals surface area contributed by atoms with Gasteiger partial charge in [0.05, 0.1) is 0 Å². The number of carboxylic acid groups (broad SMARTS) is 1. The van der Waals surface area contributed by atoms with Crippen molar-refractivity contribution in [3.63, 3.8) is 0 Å². The molecular formula is C18H32N2O2. The average Bonchev–Trinajstić information content (AvgIpc) is 3.09. The summed E-state index contributed by atoms with van der Waals surface area (Å²) in [4.78, 5) is 10.7. The summed E-state index contributed by atoms with van der Waals surface area (Å²) in [5.74, 6) is 0.994. The van der Waals surface area contributed by atoms with Gasteiger partial charge in [-0.2, -0.15) is 0 Å². The maximum absolute atomic E-state index is 10.7. The average molecular weight is 308 g/mol. The largest absolute Gasteiger partial charge is 0.480 e. The smallest absolute Gasteiger partial charge is 0.320 e. The topological polar surface area (TPSA) is 61.4 Å². The van der Waals surface area contributed by atoms with Gasteiger partial charge in [0.25, 0.3) is 0 Å². The molecule has 2 heterocycles. The Hall–Kier alpha value is -0.610. The molecule has 4 nitrogen and oxygen atoms in total. The molecule has 6 atom stereocenters. The highest BCUT2D eigenvalue weighted by Gasteiger charge is 2.38. The van der Waals surface area contributed by atoms with E-state index in [0.717, 1.165) is 24.4 Å². The van der Waals surface area contributed by atoms with E-state index < -0.39 is 5.97 Å². The van der Waals surface area contributed by atoms with E-state index in [1.165, 1.54) is 57.8 Å². The molecule has 2 aliphatic heterocycles. The molecule has 126 valence electrons. The summed E-state index contributed by atoms with van der Waals surface area (Å²) in [6, 6.07) is 1.93. The predicted octanol–water partition coefficient (Wildman–Crippen LogP) is 2.92. The Bertz CT molecular complexity index is 359. The van der Waals surface area contributed by atoms with Crippen LogP contribution in [0, 0.1) is 11.8 Å². The molecule has 0 aromatic rings. The van der Waals surface area contributed by atoms with Gasteiger partial charge < -0.3 is 15.7 Å². The van der Waals surface area contributed by atoms with Gasteiger partial charge in [-0.25, -0.2) is 0 Å². The first-order valence-electron chi connectivity index (χ1n) is 9.38. The normalized spacial score (nSPS) is 43.7. The Morgan fingerprint density at radius 1 is 0.864 bits per heavy atom. The van der Waals surface area contributed by atoms with Crippen LogP contribution in [-0.2, 0) is 4.79 Å². The van der Waals surface area contributed by atoms with Crippen LogP contribution in [-0.4, -0.2) is 35.2 Å². The van der Waals surface area contributed by atoms with Crippen molar-refractivity contribution in [2.24, 2.45) is 11.8 Å². The Kier molecular flexibility index (Phi) is 5.40. The summed E-state index contributed by atoms with van der Waals surface area (Å²) in [6.45, 7) is 2.32. The van der Waals surface area contributed by atoms with Gasteiger partial charge in [-0.15, -0.1) is 0 Å². The van der Waals surface area contributed by atoms with Crippen LogP contribution in [0.1, 0.15) is 71.1 Å². The van der Waals surface area contributed by atoms with E-state index in [0.29, 0.717) is 12.0 Å². The molecule has 0 radical (unpaired) electrons. The molecule has 0 unspecified atom stereocenters. The van der Waals surface area contributed by atoms with Crippen molar-refractivity contribution < 1.29 is 9.90 Å². The van der Waals surface area contributed by atoms with Gasteiger partial charge >= 0.3 is 5.97 Å². The summed E-state index contributed by atoms with van der Waals surface area (Å²) < 4.78 is 0. The molecule has 4 rings (SSSR count). The minimum Gasteiger partial charge on any atom is -0.480 e. The highest BCUT2D eigenvalue weighted by atomic mass is 16.4. The molecule has 22 heavy (non-hydrogen) atoms. The second-order valence-corrected chi connectivity index (χ2v) is 7.90. The number of hydrogen-bond acceptors (Lipinski definition) is 3. The highest BCUT2D eigenvalue weighted by Crippen LogP contribution is 2.33. The number of aliphatic carboxylic acids is 1. The van der Waals surface area contributed by atoms with Crippen LogP contribution >= 0.6 is 0 Å². The predicted molar refractivity (Wildman–Crippen MR) is 87.9 cm³/mol. The fraction of sp³-hybridized carbons (Fsp3) is 0.944. The lowest BCUT2D eigenvalue weighted by atomic mass is 9.85. The standard InChI is InChI=1S/C9H15NO2.C9H17N/c11-9(12)8-5-6-3-1-2-4-7(6)10-8;1-7-6-8-4-2-3-5-9(8)10-7/h6-8,10H,1-5H2,(H,11,12);7-10H,2-6H2,1H3/t6-,7-,8-;7-,8+,9+/m01/s1. The third-order valence-electron chi connectivity index (χ3n) is 6.22. The summed E-state index contributed by atoms with van der Waals surface area (Å²) in [6.07, 6.45) is 13.1. The van der Waals surface area contributed by atoms with E-state index in [1.807, 2.05) is 0 Å². The molecule has 4 heteroatoms. The minimum atomic E-state index is -0.676. The van der Waals surface area contributed by atoms with Crippen LogP contribution in [0.4, 0.5) is 0 Å². The zero-order chi connectivity index (χ0) is 15.5. The van der Waals surface area contributed by atoms with Gasteiger partial charge in [0.1, 0.15) is 6.04 Å². The van der Waals surface area contributed by atoms with Crippen LogP contribution < -0.4 is 10.6 Å². The fourth-order valence-electron chi connectivity index (χ4n) is 5.11. The summed E-state index contributed by atoms with van der Waals surface area (Å²) in [5.41, 5.74) is 0. The van der Waals surface area contributed by atoms with Gasteiger partial charge in [0, 0.05) is 18.1 Å². The van der Waals surface area contributed by atoms with Crippen LogP contribution in [0.15, 0.2) is 0 Å². The molecule has 3 N–H and O–H groups in total. The lowest BCUT2D eigenvalue weighted by molar-refractivity contribution is -0.139. The number of fused-ring (bicyclic) bond motifs is 2. The molecule has 0 spiro atoms. The van der Waals surface area contributed by atoms with Crippen molar-refractivity contribution in [2.45, 2.75) is 95.3 Å². The minimum absolute atomic E-state index is 0.266. The maximum Gasteiger partial charge on any atom is 0.320 e. The van der Waals surface area contributed by atoms with Crippen molar-refractivity contribution in [3.8, 4) is 0 Å². The van der Waals surface area contributed by atoms with E-state index in [9.17, 15) is 4.79 Å². The second kappa shape index (κ2) is 7.31. The third-order valence-corrected chi connectivity index (χ3v) is 6.22. The van der Waals surface area contributed by atoms with Crippen molar-refractivity contribution >= 4 is 5.97 Å². The van der Waals surface area contributed by atoms with Crippen LogP contribution in [0.5, 0.6) is 0 Å². The van der Waals surface area contributed by atoms with Gasteiger partial charge in [-0.05, 0) is 57.3 Å². The molecule has 2 aliphatic carbocycles. The van der Waals surface area contributed by atoms with Gasteiger partial charge in [0.15, 0.2) is 0 Å². The maximum atomic E-state index is 10.7. The van der Waals surface area contributed by atoms with Crippen molar-refractivity contribution in [1.82, 2.24) is 10.6 Å². The zero-order valence-electron chi connectivity index (χ0n) is 13.9. The molecule has 0 aromatic heterocycles. The molecule has 4 fully saturated rings. The van der Waals surface area contributed by atoms with Crippen molar-refractivity contribution in [3.05, 3.63) is 0 Å². The Morgan fingerprint density at radius 3 is 1.95 bits per heavy atom. The first kappa shape index (κ1) is 16.3. The SMILES string of the molecule is C[C@@H]1C[C@@H]2CCCC[C@@H]2N1.O=C(O)[C@@H]1C[C@@H]2CCCC[C@@H]2N1. The Balaban J connectivity index is 0.000000133. The molecule has 4 aliphatic rings. The van der Waals surface area contributed by atoms with E-state index in [-0.39, 0.29) is 6.04 Å². The number of carboxylic acids is 1. The molecule has 0 bridgehead atoms. The van der Waals surface area contributed by atoms with Crippen LogP contribution in [0.2, 0.25) is 0 Å². The van der Waals surface area contributed by atoms with Gasteiger partial charge in [-0.1, -0.05) is 25.7 Å².